The molecule has 0 unspecified atom stereocenters. The molecule has 0 saturated carbocycles. The van der Waals surface area contributed by atoms with Crippen LogP contribution in [0.5, 0.6) is 5.75 Å². The molecule has 25 heavy (non-hydrogen) atoms. The number of carbonyl (C=O) groups excluding carboxylic acids is 1. The van der Waals surface area contributed by atoms with Gasteiger partial charge in [-0.2, -0.15) is 13.2 Å². The van der Waals surface area contributed by atoms with Crippen molar-refractivity contribution in [1.82, 2.24) is 4.98 Å². The Morgan fingerprint density at radius 1 is 1.28 bits per heavy atom. The summed E-state index contributed by atoms with van der Waals surface area (Å²) in [6.07, 6.45) is -2.20. The molecule has 0 atom stereocenters. The highest BCUT2D eigenvalue weighted by Gasteiger charge is 2.31. The lowest BCUT2D eigenvalue weighted by atomic mass is 10.1. The average Bonchev–Trinajstić information content (AvgIpc) is 2.59. The van der Waals surface area contributed by atoms with Gasteiger partial charge in [0, 0.05) is 6.20 Å². The number of hydrogen-bond acceptors (Lipinski definition) is 4. The van der Waals surface area contributed by atoms with E-state index in [-0.39, 0.29) is 17.2 Å². The zero-order chi connectivity index (χ0) is 18.3. The number of alkyl halides is 3. The summed E-state index contributed by atoms with van der Waals surface area (Å²) < 4.78 is 44.1. The van der Waals surface area contributed by atoms with Crippen LogP contribution in [-0.2, 0) is 11.0 Å². The van der Waals surface area contributed by atoms with E-state index in [2.05, 4.69) is 10.3 Å². The molecule has 0 spiro atoms. The van der Waals surface area contributed by atoms with Crippen LogP contribution in [0.3, 0.4) is 0 Å². The van der Waals surface area contributed by atoms with Crippen molar-refractivity contribution in [3.63, 3.8) is 0 Å². The molecular weight excluding hydrogens is 353 g/mol. The topological polar surface area (TPSA) is 51.2 Å². The fraction of sp³-hybridized carbons (Fsp3) is 0.294. The van der Waals surface area contributed by atoms with Crippen molar-refractivity contribution in [2.75, 3.05) is 17.7 Å². The van der Waals surface area contributed by atoms with Gasteiger partial charge in [-0.05, 0) is 36.8 Å². The van der Waals surface area contributed by atoms with Gasteiger partial charge in [-0.25, -0.2) is 4.98 Å². The predicted molar refractivity (Wildman–Crippen MR) is 90.8 cm³/mol. The zero-order valence-corrected chi connectivity index (χ0v) is 14.3. The molecule has 0 saturated heterocycles. The van der Waals surface area contributed by atoms with E-state index in [1.165, 1.54) is 17.8 Å². The summed E-state index contributed by atoms with van der Waals surface area (Å²) in [6, 6.07) is 8.33. The highest BCUT2D eigenvalue weighted by molar-refractivity contribution is 7.99. The Balaban J connectivity index is 2.10. The highest BCUT2D eigenvalue weighted by Crippen LogP contribution is 2.35. The number of pyridine rings is 1. The first-order valence-corrected chi connectivity index (χ1v) is 8.56. The first kappa shape index (κ1) is 19.1. The summed E-state index contributed by atoms with van der Waals surface area (Å²) >= 11 is 1.20. The second kappa shape index (κ2) is 8.75. The smallest absolute Gasteiger partial charge is 0.416 e. The minimum absolute atomic E-state index is 0.00916. The molecule has 1 amide bonds. The van der Waals surface area contributed by atoms with E-state index in [0.29, 0.717) is 18.1 Å². The van der Waals surface area contributed by atoms with Crippen LogP contribution in [0.25, 0.3) is 0 Å². The van der Waals surface area contributed by atoms with Gasteiger partial charge in [-0.15, -0.1) is 0 Å². The van der Waals surface area contributed by atoms with E-state index in [0.717, 1.165) is 12.1 Å². The summed E-state index contributed by atoms with van der Waals surface area (Å²) in [5, 5.41) is 3.15. The molecule has 1 N–H and O–H groups in total. The monoisotopic (exact) mass is 370 g/mol. The Hall–Kier alpha value is -2.22. The first-order chi connectivity index (χ1) is 11.9. The molecule has 0 radical (unpaired) electrons. The van der Waals surface area contributed by atoms with E-state index >= 15 is 0 Å². The molecule has 134 valence electrons. The van der Waals surface area contributed by atoms with Gasteiger partial charge in [-0.3, -0.25) is 4.79 Å². The van der Waals surface area contributed by atoms with Crippen LogP contribution in [0.1, 0.15) is 18.9 Å². The average molecular weight is 370 g/mol. The molecule has 8 heteroatoms. The normalized spacial score (nSPS) is 11.2. The van der Waals surface area contributed by atoms with E-state index in [1.807, 2.05) is 6.92 Å². The second-order valence-corrected chi connectivity index (χ2v) is 6.06. The first-order valence-electron chi connectivity index (χ1n) is 7.58. The van der Waals surface area contributed by atoms with Crippen molar-refractivity contribution in [2.45, 2.75) is 24.5 Å². The summed E-state index contributed by atoms with van der Waals surface area (Å²) in [5.74, 6) is -0.192. The molecule has 4 nitrogen and oxygen atoms in total. The SMILES string of the molecule is CCCOc1ccc(C(F)(F)F)cc1NC(=O)CSc1ccccn1. The summed E-state index contributed by atoms with van der Waals surface area (Å²) in [5.41, 5.74) is -0.834. The van der Waals surface area contributed by atoms with Gasteiger partial charge in [0.15, 0.2) is 0 Å². The van der Waals surface area contributed by atoms with Crippen LogP contribution >= 0.6 is 11.8 Å². The van der Waals surface area contributed by atoms with E-state index in [4.69, 9.17) is 4.74 Å². The van der Waals surface area contributed by atoms with Crippen LogP contribution in [0.15, 0.2) is 47.6 Å². The second-order valence-electron chi connectivity index (χ2n) is 5.06. The standard InChI is InChI=1S/C17H17F3N2O2S/c1-2-9-24-14-7-6-12(17(18,19)20)10-13(14)22-15(23)11-25-16-5-3-4-8-21-16/h3-8,10H,2,9,11H2,1H3,(H,22,23). The summed E-state index contributed by atoms with van der Waals surface area (Å²) in [7, 11) is 0. The molecule has 1 heterocycles. The maximum Gasteiger partial charge on any atom is 0.416 e. The van der Waals surface area contributed by atoms with Crippen LogP contribution in [0.2, 0.25) is 0 Å². The molecule has 0 fully saturated rings. The van der Waals surface area contributed by atoms with Gasteiger partial charge in [0.1, 0.15) is 5.75 Å². The van der Waals surface area contributed by atoms with E-state index < -0.39 is 17.6 Å². The fourth-order valence-corrected chi connectivity index (χ4v) is 2.56. The van der Waals surface area contributed by atoms with Crippen LogP contribution in [0, 0.1) is 0 Å². The number of ether oxygens (including phenoxy) is 1. The van der Waals surface area contributed by atoms with E-state index in [1.54, 1.807) is 24.4 Å². The van der Waals surface area contributed by atoms with Crippen molar-refractivity contribution in [3.05, 3.63) is 48.2 Å². The van der Waals surface area contributed by atoms with Gasteiger partial charge in [0.05, 0.1) is 28.6 Å². The Morgan fingerprint density at radius 3 is 2.72 bits per heavy atom. The minimum Gasteiger partial charge on any atom is -0.491 e. The van der Waals surface area contributed by atoms with Crippen molar-refractivity contribution in [2.24, 2.45) is 0 Å². The molecule has 0 aliphatic carbocycles. The van der Waals surface area contributed by atoms with Crippen molar-refractivity contribution in [1.29, 1.82) is 0 Å². The lowest BCUT2D eigenvalue weighted by Gasteiger charge is -2.15. The molecule has 1 aromatic carbocycles. The molecular formula is C17H17F3N2O2S. The third-order valence-electron chi connectivity index (χ3n) is 3.03. The van der Waals surface area contributed by atoms with Crippen molar-refractivity contribution in [3.8, 4) is 5.75 Å². The number of rotatable bonds is 7. The van der Waals surface area contributed by atoms with Gasteiger partial charge in [0.2, 0.25) is 5.91 Å². The van der Waals surface area contributed by atoms with Gasteiger partial charge < -0.3 is 10.1 Å². The number of nitrogens with zero attached hydrogens (tertiary/aromatic N) is 1. The highest BCUT2D eigenvalue weighted by atomic mass is 32.2. The number of aromatic nitrogens is 1. The summed E-state index contributed by atoms with van der Waals surface area (Å²) in [4.78, 5) is 16.1. The van der Waals surface area contributed by atoms with Crippen LogP contribution in [0.4, 0.5) is 18.9 Å². The number of halogens is 3. The van der Waals surface area contributed by atoms with Crippen molar-refractivity contribution >= 4 is 23.4 Å². The van der Waals surface area contributed by atoms with Gasteiger partial charge in [0.25, 0.3) is 0 Å². The fourth-order valence-electron chi connectivity index (χ4n) is 1.90. The number of anilines is 1. The van der Waals surface area contributed by atoms with Crippen LogP contribution < -0.4 is 10.1 Å². The van der Waals surface area contributed by atoms with Crippen molar-refractivity contribution < 1.29 is 22.7 Å². The number of nitrogens with one attached hydrogen (secondary N) is 1. The maximum atomic E-state index is 12.9. The Morgan fingerprint density at radius 2 is 2.08 bits per heavy atom. The quantitative estimate of drug-likeness (QED) is 0.723. The number of hydrogen-bond donors (Lipinski definition) is 1. The van der Waals surface area contributed by atoms with Gasteiger partial charge >= 0.3 is 6.18 Å². The van der Waals surface area contributed by atoms with Gasteiger partial charge in [-0.1, -0.05) is 24.8 Å². The van der Waals surface area contributed by atoms with Crippen LogP contribution in [-0.4, -0.2) is 23.3 Å². The maximum absolute atomic E-state index is 12.9. The predicted octanol–water partition coefficient (Wildman–Crippen LogP) is 4.62. The lowest BCUT2D eigenvalue weighted by Crippen LogP contribution is -2.16. The molecule has 0 aliphatic heterocycles. The molecule has 1 aromatic heterocycles. The third-order valence-corrected chi connectivity index (χ3v) is 3.98. The lowest BCUT2D eigenvalue weighted by molar-refractivity contribution is -0.137. The largest absolute Gasteiger partial charge is 0.491 e. The zero-order valence-electron chi connectivity index (χ0n) is 13.5. The molecule has 0 aliphatic rings. The molecule has 2 rings (SSSR count). The minimum atomic E-state index is -4.49. The summed E-state index contributed by atoms with van der Waals surface area (Å²) in [6.45, 7) is 2.22. The molecule has 2 aromatic rings. The Bertz CT molecular complexity index is 709. The number of carbonyl (C=O) groups is 1. The Labute approximate surface area is 147 Å². The van der Waals surface area contributed by atoms with E-state index in [9.17, 15) is 18.0 Å². The number of thioether (sulfide) groups is 1. The number of amides is 1. The molecule has 0 bridgehead atoms. The Kier molecular flexibility index (Phi) is 6.69. The number of benzene rings is 1. The third kappa shape index (κ3) is 5.97.